The third kappa shape index (κ3) is 7.29. The normalized spacial score (nSPS) is 10.6. The van der Waals surface area contributed by atoms with Crippen molar-refractivity contribution >= 4 is 46.9 Å². The van der Waals surface area contributed by atoms with Crippen LogP contribution in [0.5, 0.6) is 5.75 Å². The number of hydrogen-bond acceptors (Lipinski definition) is 4. The van der Waals surface area contributed by atoms with E-state index in [2.05, 4.69) is 15.8 Å². The number of amides is 2. The van der Waals surface area contributed by atoms with Crippen molar-refractivity contribution in [2.75, 3.05) is 11.9 Å². The number of nitrogens with one attached hydrogen (secondary N) is 2. The summed E-state index contributed by atoms with van der Waals surface area (Å²) in [7, 11) is 0. The third-order valence-electron chi connectivity index (χ3n) is 3.38. The molecule has 8 heteroatoms. The number of hydrazone groups is 1. The lowest BCUT2D eigenvalue weighted by Crippen LogP contribution is -2.20. The van der Waals surface area contributed by atoms with Gasteiger partial charge in [-0.15, -0.1) is 0 Å². The maximum Gasteiger partial charge on any atom is 0.240 e. The predicted octanol–water partition coefficient (Wildman–Crippen LogP) is 4.26. The van der Waals surface area contributed by atoms with Crippen molar-refractivity contribution in [3.8, 4) is 5.75 Å². The van der Waals surface area contributed by atoms with E-state index < -0.39 is 0 Å². The van der Waals surface area contributed by atoms with E-state index in [-0.39, 0.29) is 24.7 Å². The molecule has 0 spiro atoms. The van der Waals surface area contributed by atoms with Gasteiger partial charge >= 0.3 is 0 Å². The first kappa shape index (κ1) is 20.7. The van der Waals surface area contributed by atoms with Gasteiger partial charge in [-0.2, -0.15) is 5.10 Å². The van der Waals surface area contributed by atoms with Crippen LogP contribution < -0.4 is 15.5 Å². The molecule has 6 nitrogen and oxygen atoms in total. The second kappa shape index (κ2) is 10.5. The second-order valence-corrected chi connectivity index (χ2v) is 6.29. The summed E-state index contributed by atoms with van der Waals surface area (Å²) in [5.41, 5.74) is 3.72. The lowest BCUT2D eigenvalue weighted by molar-refractivity contribution is -0.124. The molecule has 0 aromatic heterocycles. The molecule has 0 atom stereocenters. The van der Waals surface area contributed by atoms with Crippen molar-refractivity contribution in [2.45, 2.75) is 19.8 Å². The van der Waals surface area contributed by atoms with E-state index in [1.54, 1.807) is 18.2 Å². The molecule has 0 saturated carbocycles. The molecule has 0 aliphatic rings. The Morgan fingerprint density at radius 3 is 2.41 bits per heavy atom. The van der Waals surface area contributed by atoms with Gasteiger partial charge in [-0.1, -0.05) is 23.2 Å². The van der Waals surface area contributed by atoms with Crippen LogP contribution in [-0.4, -0.2) is 24.6 Å². The van der Waals surface area contributed by atoms with Gasteiger partial charge in [0.1, 0.15) is 5.75 Å². The molecule has 0 fully saturated rings. The van der Waals surface area contributed by atoms with E-state index >= 15 is 0 Å². The van der Waals surface area contributed by atoms with E-state index in [4.69, 9.17) is 27.9 Å². The summed E-state index contributed by atoms with van der Waals surface area (Å²) in [6.45, 7) is 2.51. The topological polar surface area (TPSA) is 79.8 Å². The van der Waals surface area contributed by atoms with Crippen LogP contribution in [0.25, 0.3) is 0 Å². The fraction of sp³-hybridized carbons (Fsp3) is 0.211. The van der Waals surface area contributed by atoms with E-state index in [9.17, 15) is 9.59 Å². The van der Waals surface area contributed by atoms with Crippen molar-refractivity contribution < 1.29 is 14.3 Å². The Morgan fingerprint density at radius 1 is 1.04 bits per heavy atom. The molecule has 2 aromatic carbocycles. The molecule has 142 valence electrons. The van der Waals surface area contributed by atoms with E-state index in [1.165, 1.54) is 6.21 Å². The molecule has 0 aliphatic carbocycles. The average molecular weight is 408 g/mol. The van der Waals surface area contributed by atoms with Crippen LogP contribution in [0.3, 0.4) is 0 Å². The average Bonchev–Trinajstić information content (AvgIpc) is 2.65. The highest BCUT2D eigenvalue weighted by Gasteiger charge is 2.08. The largest absolute Gasteiger partial charge is 0.494 e. The number of benzene rings is 2. The lowest BCUT2D eigenvalue weighted by atomic mass is 10.2. The highest BCUT2D eigenvalue weighted by Crippen LogP contribution is 2.25. The first-order valence-corrected chi connectivity index (χ1v) is 9.03. The molecule has 2 aromatic rings. The van der Waals surface area contributed by atoms with Crippen molar-refractivity contribution in [1.29, 1.82) is 0 Å². The minimum Gasteiger partial charge on any atom is -0.494 e. The standard InChI is InChI=1S/C19H19Cl2N3O3/c1-2-27-15-6-3-13(4-7-15)12-22-24-19(26)10-9-18(25)23-14-5-8-16(20)17(21)11-14/h3-8,11-12H,2,9-10H2,1H3,(H,23,25)(H,24,26)/b22-12-. The van der Waals surface area contributed by atoms with Crippen molar-refractivity contribution in [3.63, 3.8) is 0 Å². The summed E-state index contributed by atoms with van der Waals surface area (Å²) < 4.78 is 5.35. The Hall–Kier alpha value is -2.57. The van der Waals surface area contributed by atoms with Gasteiger partial charge < -0.3 is 10.1 Å². The zero-order chi connectivity index (χ0) is 19.6. The number of nitrogens with zero attached hydrogens (tertiary/aromatic N) is 1. The summed E-state index contributed by atoms with van der Waals surface area (Å²) in [6.07, 6.45) is 1.54. The minimum atomic E-state index is -0.360. The Balaban J connectivity index is 1.73. The Labute approximate surface area is 167 Å². The minimum absolute atomic E-state index is 0.00771. The molecule has 0 aliphatic heterocycles. The third-order valence-corrected chi connectivity index (χ3v) is 4.12. The summed E-state index contributed by atoms with van der Waals surface area (Å²) in [6, 6.07) is 12.1. The quantitative estimate of drug-likeness (QED) is 0.506. The monoisotopic (exact) mass is 407 g/mol. The zero-order valence-electron chi connectivity index (χ0n) is 14.7. The maximum absolute atomic E-state index is 11.9. The molecule has 2 N–H and O–H groups in total. The van der Waals surface area contributed by atoms with Gasteiger partial charge in [-0.3, -0.25) is 9.59 Å². The molecule has 0 saturated heterocycles. The van der Waals surface area contributed by atoms with Gasteiger partial charge in [0.05, 0.1) is 22.9 Å². The number of carbonyl (C=O) groups is 2. The molecular formula is C19H19Cl2N3O3. The predicted molar refractivity (Wildman–Crippen MR) is 108 cm³/mol. The highest BCUT2D eigenvalue weighted by atomic mass is 35.5. The molecule has 0 radical (unpaired) electrons. The Bertz CT molecular complexity index is 823. The first-order valence-electron chi connectivity index (χ1n) is 8.27. The van der Waals surface area contributed by atoms with Crippen LogP contribution in [0, 0.1) is 0 Å². The fourth-order valence-corrected chi connectivity index (χ4v) is 2.37. The number of ether oxygens (including phenoxy) is 1. The van der Waals surface area contributed by atoms with Gasteiger partial charge in [0.25, 0.3) is 0 Å². The van der Waals surface area contributed by atoms with E-state index in [0.29, 0.717) is 22.3 Å². The van der Waals surface area contributed by atoms with E-state index in [0.717, 1.165) is 11.3 Å². The molecule has 2 amide bonds. The molecule has 0 bridgehead atoms. The summed E-state index contributed by atoms with van der Waals surface area (Å²) in [5, 5.41) is 7.27. The zero-order valence-corrected chi connectivity index (χ0v) is 16.2. The van der Waals surface area contributed by atoms with Gasteiger partial charge in [0.2, 0.25) is 11.8 Å². The second-order valence-electron chi connectivity index (χ2n) is 5.47. The van der Waals surface area contributed by atoms with Crippen LogP contribution in [-0.2, 0) is 9.59 Å². The van der Waals surface area contributed by atoms with Crippen LogP contribution in [0.1, 0.15) is 25.3 Å². The van der Waals surface area contributed by atoms with Crippen LogP contribution in [0.15, 0.2) is 47.6 Å². The van der Waals surface area contributed by atoms with Crippen molar-refractivity contribution in [2.24, 2.45) is 5.10 Å². The smallest absolute Gasteiger partial charge is 0.240 e. The van der Waals surface area contributed by atoms with Crippen LogP contribution in [0.2, 0.25) is 10.0 Å². The van der Waals surface area contributed by atoms with Crippen molar-refractivity contribution in [3.05, 3.63) is 58.1 Å². The number of halogens is 2. The maximum atomic E-state index is 11.9. The Kier molecular flexibility index (Phi) is 8.10. The van der Waals surface area contributed by atoms with Gasteiger partial charge in [-0.05, 0) is 55.0 Å². The lowest BCUT2D eigenvalue weighted by Gasteiger charge is -2.06. The SMILES string of the molecule is CCOc1ccc(/C=N\NC(=O)CCC(=O)Nc2ccc(Cl)c(Cl)c2)cc1. The molecule has 0 unspecified atom stereocenters. The highest BCUT2D eigenvalue weighted by molar-refractivity contribution is 6.42. The summed E-state index contributed by atoms with van der Waals surface area (Å²) in [4.78, 5) is 23.6. The number of anilines is 1. The van der Waals surface area contributed by atoms with Crippen molar-refractivity contribution in [1.82, 2.24) is 5.43 Å². The van der Waals surface area contributed by atoms with Gasteiger partial charge in [0, 0.05) is 18.5 Å². The van der Waals surface area contributed by atoms with Gasteiger partial charge in [0.15, 0.2) is 0 Å². The molecule has 0 heterocycles. The summed E-state index contributed by atoms with van der Waals surface area (Å²) in [5.74, 6) is 0.104. The van der Waals surface area contributed by atoms with Crippen LogP contribution in [0.4, 0.5) is 5.69 Å². The molecule has 27 heavy (non-hydrogen) atoms. The molecule has 2 rings (SSSR count). The number of carbonyl (C=O) groups excluding carboxylic acids is 2. The Morgan fingerprint density at radius 2 is 1.74 bits per heavy atom. The van der Waals surface area contributed by atoms with Gasteiger partial charge in [-0.25, -0.2) is 5.43 Å². The van der Waals surface area contributed by atoms with E-state index in [1.807, 2.05) is 31.2 Å². The summed E-state index contributed by atoms with van der Waals surface area (Å²) >= 11 is 11.7. The number of rotatable bonds is 8. The fourth-order valence-electron chi connectivity index (χ4n) is 2.08. The molecular weight excluding hydrogens is 389 g/mol. The first-order chi connectivity index (χ1) is 13.0. The number of hydrogen-bond donors (Lipinski definition) is 2. The van der Waals surface area contributed by atoms with Crippen LogP contribution >= 0.6 is 23.2 Å².